The molecule has 2 aromatic heterocycles. The second-order valence-corrected chi connectivity index (χ2v) is 6.96. The van der Waals surface area contributed by atoms with Gasteiger partial charge >= 0.3 is 0 Å². The fourth-order valence-corrected chi connectivity index (χ4v) is 3.88. The van der Waals surface area contributed by atoms with E-state index in [1.807, 2.05) is 17.5 Å². The fraction of sp³-hybridized carbons (Fsp3) is 0.357. The van der Waals surface area contributed by atoms with Gasteiger partial charge in [-0.05, 0) is 18.4 Å². The maximum absolute atomic E-state index is 12.2. The van der Waals surface area contributed by atoms with E-state index in [-0.39, 0.29) is 17.4 Å². The van der Waals surface area contributed by atoms with Crippen LogP contribution in [0.4, 0.5) is 0 Å². The van der Waals surface area contributed by atoms with E-state index in [0.717, 1.165) is 4.88 Å². The first-order valence-corrected chi connectivity index (χ1v) is 8.51. The van der Waals surface area contributed by atoms with Gasteiger partial charge in [-0.1, -0.05) is 17.8 Å². The molecule has 0 aliphatic carbocycles. The zero-order valence-corrected chi connectivity index (χ0v) is 13.2. The van der Waals surface area contributed by atoms with Crippen LogP contribution in [0.2, 0.25) is 0 Å². The second kappa shape index (κ2) is 6.03. The number of thioether (sulfide) groups is 1. The summed E-state index contributed by atoms with van der Waals surface area (Å²) in [5, 5.41) is 5.63. The van der Waals surface area contributed by atoms with Gasteiger partial charge in [0.25, 0.3) is 5.56 Å². The molecule has 3 rings (SSSR count). The topological polar surface area (TPSA) is 64.0 Å². The van der Waals surface area contributed by atoms with Crippen LogP contribution in [0.1, 0.15) is 10.4 Å². The lowest BCUT2D eigenvalue weighted by molar-refractivity contribution is -0.125. The molecule has 0 aromatic carbocycles. The van der Waals surface area contributed by atoms with Gasteiger partial charge in [0.1, 0.15) is 0 Å². The van der Waals surface area contributed by atoms with Crippen molar-refractivity contribution in [3.63, 3.8) is 0 Å². The minimum atomic E-state index is -0.191. The van der Waals surface area contributed by atoms with Crippen LogP contribution < -0.4 is 10.9 Å². The highest BCUT2D eigenvalue weighted by molar-refractivity contribution is 7.99. The molecule has 0 bridgehead atoms. The first-order chi connectivity index (χ1) is 10.1. The maximum Gasteiger partial charge on any atom is 0.257 e. The van der Waals surface area contributed by atoms with E-state index in [1.54, 1.807) is 29.0 Å². The Labute approximate surface area is 130 Å². The number of hydrogen-bond acceptors (Lipinski definition) is 5. The van der Waals surface area contributed by atoms with Crippen LogP contribution in [0.25, 0.3) is 0 Å². The average Bonchev–Trinajstić information content (AvgIpc) is 3.02. The monoisotopic (exact) mass is 321 g/mol. The second-order valence-electron chi connectivity index (χ2n) is 4.94. The highest BCUT2D eigenvalue weighted by Gasteiger charge is 2.26. The lowest BCUT2D eigenvalue weighted by atomic mass is 10.1. The molecular formula is C14H15N3O2S2. The van der Waals surface area contributed by atoms with Gasteiger partial charge in [0.15, 0.2) is 5.16 Å². The Kier molecular flexibility index (Phi) is 4.12. The minimum absolute atomic E-state index is 0.00467. The number of aromatic nitrogens is 2. The summed E-state index contributed by atoms with van der Waals surface area (Å²) in [5.74, 6) is 0.463. The number of hydrogen-bond donors (Lipinski definition) is 1. The molecule has 0 fully saturated rings. The van der Waals surface area contributed by atoms with Crippen molar-refractivity contribution in [1.82, 2.24) is 14.9 Å². The molecule has 1 amide bonds. The van der Waals surface area contributed by atoms with Crippen molar-refractivity contribution in [2.45, 2.75) is 25.2 Å². The number of fused-ring (bicyclic) bond motifs is 1. The summed E-state index contributed by atoms with van der Waals surface area (Å²) in [5.41, 5.74) is 0.558. The molecule has 2 aromatic rings. The Balaban J connectivity index is 1.69. The normalized spacial score (nSPS) is 17.3. The van der Waals surface area contributed by atoms with Crippen molar-refractivity contribution < 1.29 is 4.79 Å². The average molecular weight is 321 g/mol. The molecule has 1 N–H and O–H groups in total. The molecule has 21 heavy (non-hydrogen) atoms. The van der Waals surface area contributed by atoms with E-state index in [1.165, 1.54) is 11.8 Å². The Morgan fingerprint density at radius 1 is 1.57 bits per heavy atom. The van der Waals surface area contributed by atoms with Crippen LogP contribution in [0, 0.1) is 12.8 Å². The number of thiophene rings is 1. The molecule has 3 heterocycles. The highest BCUT2D eigenvalue weighted by Crippen LogP contribution is 2.25. The molecular weight excluding hydrogens is 306 g/mol. The van der Waals surface area contributed by atoms with Crippen molar-refractivity contribution in [3.8, 4) is 0 Å². The SMILES string of the molecule is Cc1cnc2n(c1=O)CC(C(=O)NCc1cccs1)CS2. The summed E-state index contributed by atoms with van der Waals surface area (Å²) in [6, 6.07) is 3.96. The standard InChI is InChI=1S/C14H15N3O2S2/c1-9-5-16-14-17(13(9)19)7-10(8-21-14)12(18)15-6-11-3-2-4-20-11/h2-5,10H,6-8H2,1H3,(H,15,18). The predicted octanol–water partition coefficient (Wildman–Crippen LogP) is 1.65. The van der Waals surface area contributed by atoms with Gasteiger partial charge in [0.05, 0.1) is 12.5 Å². The molecule has 1 aliphatic rings. The summed E-state index contributed by atoms with van der Waals surface area (Å²) in [6.45, 7) is 2.70. The summed E-state index contributed by atoms with van der Waals surface area (Å²) in [6.07, 6.45) is 1.60. The zero-order chi connectivity index (χ0) is 14.8. The van der Waals surface area contributed by atoms with Gasteiger partial charge in [-0.25, -0.2) is 4.98 Å². The molecule has 7 heteroatoms. The van der Waals surface area contributed by atoms with Crippen molar-refractivity contribution in [2.75, 3.05) is 5.75 Å². The molecule has 0 saturated heterocycles. The first-order valence-electron chi connectivity index (χ1n) is 6.64. The van der Waals surface area contributed by atoms with Crippen LogP contribution in [-0.2, 0) is 17.9 Å². The quantitative estimate of drug-likeness (QED) is 0.873. The largest absolute Gasteiger partial charge is 0.351 e. The van der Waals surface area contributed by atoms with Gasteiger partial charge in [-0.2, -0.15) is 0 Å². The number of amides is 1. The number of aryl methyl sites for hydroxylation is 1. The third-order valence-electron chi connectivity index (χ3n) is 3.39. The Hall–Kier alpha value is -1.60. The van der Waals surface area contributed by atoms with Crippen molar-refractivity contribution in [3.05, 3.63) is 44.5 Å². The Morgan fingerprint density at radius 3 is 3.19 bits per heavy atom. The predicted molar refractivity (Wildman–Crippen MR) is 83.6 cm³/mol. The number of nitrogens with one attached hydrogen (secondary N) is 1. The van der Waals surface area contributed by atoms with E-state index in [4.69, 9.17) is 0 Å². The number of carbonyl (C=O) groups excluding carboxylic acids is 1. The molecule has 0 spiro atoms. The lowest BCUT2D eigenvalue weighted by Gasteiger charge is -2.24. The van der Waals surface area contributed by atoms with E-state index in [0.29, 0.717) is 29.6 Å². The van der Waals surface area contributed by atoms with Crippen molar-refractivity contribution in [2.24, 2.45) is 5.92 Å². The van der Waals surface area contributed by atoms with Crippen molar-refractivity contribution >= 4 is 29.0 Å². The van der Waals surface area contributed by atoms with E-state index < -0.39 is 0 Å². The summed E-state index contributed by atoms with van der Waals surface area (Å²) >= 11 is 3.08. The Morgan fingerprint density at radius 2 is 2.43 bits per heavy atom. The third kappa shape index (κ3) is 3.03. The number of rotatable bonds is 3. The third-order valence-corrected chi connectivity index (χ3v) is 5.42. The van der Waals surface area contributed by atoms with E-state index >= 15 is 0 Å². The molecule has 1 atom stereocenters. The van der Waals surface area contributed by atoms with Crippen molar-refractivity contribution in [1.29, 1.82) is 0 Å². The van der Waals surface area contributed by atoms with Gasteiger partial charge in [-0.15, -0.1) is 11.3 Å². The summed E-state index contributed by atoms with van der Waals surface area (Å²) in [4.78, 5) is 29.7. The first kappa shape index (κ1) is 14.3. The Bertz CT molecular complexity index is 710. The van der Waals surface area contributed by atoms with Crippen LogP contribution in [0.15, 0.2) is 33.7 Å². The molecule has 1 unspecified atom stereocenters. The van der Waals surface area contributed by atoms with Crippen LogP contribution >= 0.6 is 23.1 Å². The maximum atomic E-state index is 12.2. The van der Waals surface area contributed by atoms with E-state index in [9.17, 15) is 9.59 Å². The minimum Gasteiger partial charge on any atom is -0.351 e. The van der Waals surface area contributed by atoms with Gasteiger partial charge in [-0.3, -0.25) is 14.2 Å². The van der Waals surface area contributed by atoms with Crippen LogP contribution in [-0.4, -0.2) is 21.2 Å². The van der Waals surface area contributed by atoms with Gasteiger partial charge in [0.2, 0.25) is 5.91 Å². The summed E-state index contributed by atoms with van der Waals surface area (Å²) < 4.78 is 1.61. The van der Waals surface area contributed by atoms with E-state index in [2.05, 4.69) is 10.3 Å². The highest BCUT2D eigenvalue weighted by atomic mass is 32.2. The van der Waals surface area contributed by atoms with Gasteiger partial charge in [0, 0.05) is 28.9 Å². The van der Waals surface area contributed by atoms with Crippen LogP contribution in [0.5, 0.6) is 0 Å². The molecule has 1 aliphatic heterocycles. The smallest absolute Gasteiger partial charge is 0.257 e. The lowest BCUT2D eigenvalue weighted by Crippen LogP contribution is -2.40. The molecule has 0 radical (unpaired) electrons. The van der Waals surface area contributed by atoms with Gasteiger partial charge < -0.3 is 5.32 Å². The molecule has 0 saturated carbocycles. The molecule has 110 valence electrons. The molecule has 5 nitrogen and oxygen atoms in total. The number of carbonyl (C=O) groups is 1. The zero-order valence-electron chi connectivity index (χ0n) is 11.5. The summed E-state index contributed by atoms with van der Waals surface area (Å²) in [7, 11) is 0. The van der Waals surface area contributed by atoms with Crippen LogP contribution in [0.3, 0.4) is 0 Å². The number of nitrogens with zero attached hydrogens (tertiary/aromatic N) is 2. The fourth-order valence-electron chi connectivity index (χ4n) is 2.19.